The van der Waals surface area contributed by atoms with Crippen LogP contribution in [-0.2, 0) is 0 Å². The van der Waals surface area contributed by atoms with Gasteiger partial charge in [-0.15, -0.1) is 0 Å². The monoisotopic (exact) mass is 182 g/mol. The van der Waals surface area contributed by atoms with Gasteiger partial charge in [0.05, 0.1) is 0 Å². The molecule has 1 rings (SSSR count). The van der Waals surface area contributed by atoms with Crippen LogP contribution in [0.4, 0.5) is 4.39 Å². The van der Waals surface area contributed by atoms with Crippen LogP contribution in [0.3, 0.4) is 0 Å². The summed E-state index contributed by atoms with van der Waals surface area (Å²) in [4.78, 5) is 14.9. The number of pyridine rings is 1. The van der Waals surface area contributed by atoms with Gasteiger partial charge in [-0.25, -0.2) is 9.37 Å². The molecule has 1 aromatic rings. The first-order chi connectivity index (χ1) is 6.25. The highest BCUT2D eigenvalue weighted by atomic mass is 19.1. The van der Waals surface area contributed by atoms with Crippen LogP contribution in [0.25, 0.3) is 0 Å². The molecule has 70 valence electrons. The minimum absolute atomic E-state index is 0.143. The van der Waals surface area contributed by atoms with Crippen molar-refractivity contribution in [2.45, 2.75) is 13.3 Å². The van der Waals surface area contributed by atoms with E-state index in [1.54, 1.807) is 0 Å². The third kappa shape index (κ3) is 2.50. The second kappa shape index (κ2) is 4.54. The second-order valence-electron chi connectivity index (χ2n) is 2.59. The van der Waals surface area contributed by atoms with Gasteiger partial charge in [-0.3, -0.25) is 4.79 Å². The van der Waals surface area contributed by atoms with Crippen molar-refractivity contribution in [2.24, 2.45) is 0 Å². The minimum Gasteiger partial charge on any atom is -0.351 e. The molecule has 0 saturated carbocycles. The Labute approximate surface area is 76.0 Å². The summed E-state index contributed by atoms with van der Waals surface area (Å²) < 4.78 is 12.9. The summed E-state index contributed by atoms with van der Waals surface area (Å²) in [6.07, 6.45) is 2.21. The van der Waals surface area contributed by atoms with Gasteiger partial charge >= 0.3 is 0 Å². The van der Waals surface area contributed by atoms with Gasteiger partial charge < -0.3 is 5.32 Å². The van der Waals surface area contributed by atoms with E-state index in [1.165, 1.54) is 18.3 Å². The zero-order valence-electron chi connectivity index (χ0n) is 7.38. The fourth-order valence-corrected chi connectivity index (χ4v) is 0.875. The average Bonchev–Trinajstić information content (AvgIpc) is 2.15. The Morgan fingerprint density at radius 2 is 2.46 bits per heavy atom. The molecule has 0 radical (unpaired) electrons. The number of nitrogens with one attached hydrogen (secondary N) is 1. The van der Waals surface area contributed by atoms with Crippen molar-refractivity contribution in [1.29, 1.82) is 0 Å². The van der Waals surface area contributed by atoms with Crippen molar-refractivity contribution in [3.8, 4) is 0 Å². The molecule has 0 spiro atoms. The fourth-order valence-electron chi connectivity index (χ4n) is 0.875. The number of nitrogens with zero attached hydrogens (tertiary/aromatic N) is 1. The Morgan fingerprint density at radius 3 is 3.08 bits per heavy atom. The maximum absolute atomic E-state index is 12.9. The van der Waals surface area contributed by atoms with E-state index in [2.05, 4.69) is 10.3 Å². The SMILES string of the molecule is CCCNC(=O)c1ncccc1F. The number of hydrogen-bond donors (Lipinski definition) is 1. The highest BCUT2D eigenvalue weighted by Crippen LogP contribution is 2.01. The molecule has 0 unspecified atom stereocenters. The Balaban J connectivity index is 2.71. The summed E-state index contributed by atoms with van der Waals surface area (Å²) in [6.45, 7) is 2.46. The molecule has 0 fully saturated rings. The zero-order valence-corrected chi connectivity index (χ0v) is 7.38. The Kier molecular flexibility index (Phi) is 3.37. The van der Waals surface area contributed by atoms with Gasteiger partial charge in [0.15, 0.2) is 11.5 Å². The van der Waals surface area contributed by atoms with Gasteiger partial charge in [0, 0.05) is 12.7 Å². The van der Waals surface area contributed by atoms with E-state index < -0.39 is 11.7 Å². The van der Waals surface area contributed by atoms with Crippen molar-refractivity contribution >= 4 is 5.91 Å². The molecule has 1 heterocycles. The Bertz CT molecular complexity index is 301. The summed E-state index contributed by atoms with van der Waals surface area (Å²) in [5.41, 5.74) is -0.143. The number of carbonyl (C=O) groups excluding carboxylic acids is 1. The molecule has 4 heteroatoms. The Morgan fingerprint density at radius 1 is 1.69 bits per heavy atom. The highest BCUT2D eigenvalue weighted by Gasteiger charge is 2.10. The lowest BCUT2D eigenvalue weighted by atomic mass is 10.3. The molecule has 0 aliphatic heterocycles. The number of carbonyl (C=O) groups is 1. The fraction of sp³-hybridized carbons (Fsp3) is 0.333. The predicted octanol–water partition coefficient (Wildman–Crippen LogP) is 1.36. The van der Waals surface area contributed by atoms with Crippen molar-refractivity contribution in [1.82, 2.24) is 10.3 Å². The van der Waals surface area contributed by atoms with Crippen LogP contribution in [0.15, 0.2) is 18.3 Å². The third-order valence-electron chi connectivity index (χ3n) is 1.51. The summed E-state index contributed by atoms with van der Waals surface area (Å²) in [6, 6.07) is 2.67. The summed E-state index contributed by atoms with van der Waals surface area (Å²) >= 11 is 0. The van der Waals surface area contributed by atoms with Crippen molar-refractivity contribution in [3.63, 3.8) is 0 Å². The van der Waals surface area contributed by atoms with Crippen LogP contribution in [0.2, 0.25) is 0 Å². The van der Waals surface area contributed by atoms with Crippen LogP contribution in [0.5, 0.6) is 0 Å². The molecular weight excluding hydrogens is 171 g/mol. The number of hydrogen-bond acceptors (Lipinski definition) is 2. The Hall–Kier alpha value is -1.45. The zero-order chi connectivity index (χ0) is 9.68. The molecule has 0 bridgehead atoms. The number of halogens is 1. The first kappa shape index (κ1) is 9.64. The molecule has 1 aromatic heterocycles. The van der Waals surface area contributed by atoms with Gasteiger partial charge in [-0.2, -0.15) is 0 Å². The van der Waals surface area contributed by atoms with Crippen molar-refractivity contribution < 1.29 is 9.18 Å². The smallest absolute Gasteiger partial charge is 0.272 e. The quantitative estimate of drug-likeness (QED) is 0.766. The van der Waals surface area contributed by atoms with Crippen molar-refractivity contribution in [3.05, 3.63) is 29.8 Å². The van der Waals surface area contributed by atoms with E-state index in [1.807, 2.05) is 6.92 Å². The molecule has 0 aliphatic carbocycles. The maximum atomic E-state index is 12.9. The molecule has 13 heavy (non-hydrogen) atoms. The number of rotatable bonds is 3. The van der Waals surface area contributed by atoms with E-state index in [0.29, 0.717) is 6.54 Å². The van der Waals surface area contributed by atoms with Crippen LogP contribution in [0, 0.1) is 5.82 Å². The van der Waals surface area contributed by atoms with E-state index in [9.17, 15) is 9.18 Å². The molecule has 1 N–H and O–H groups in total. The topological polar surface area (TPSA) is 42.0 Å². The molecule has 0 aliphatic rings. The van der Waals surface area contributed by atoms with Crippen LogP contribution in [-0.4, -0.2) is 17.4 Å². The van der Waals surface area contributed by atoms with Gasteiger partial charge in [-0.1, -0.05) is 6.92 Å². The van der Waals surface area contributed by atoms with E-state index in [4.69, 9.17) is 0 Å². The summed E-state index contributed by atoms with van der Waals surface area (Å²) in [7, 11) is 0. The van der Waals surface area contributed by atoms with Gasteiger partial charge in [-0.05, 0) is 18.6 Å². The van der Waals surface area contributed by atoms with E-state index >= 15 is 0 Å². The third-order valence-corrected chi connectivity index (χ3v) is 1.51. The minimum atomic E-state index is -0.587. The molecule has 0 saturated heterocycles. The van der Waals surface area contributed by atoms with Gasteiger partial charge in [0.2, 0.25) is 0 Å². The summed E-state index contributed by atoms with van der Waals surface area (Å²) in [5.74, 6) is -1.05. The maximum Gasteiger partial charge on any atom is 0.272 e. The van der Waals surface area contributed by atoms with E-state index in [0.717, 1.165) is 6.42 Å². The highest BCUT2D eigenvalue weighted by molar-refractivity contribution is 5.92. The standard InChI is InChI=1S/C9H11FN2O/c1-2-5-12-9(13)8-7(10)4-3-6-11-8/h3-4,6H,2,5H2,1H3,(H,12,13). The van der Waals surface area contributed by atoms with Crippen LogP contribution >= 0.6 is 0 Å². The summed E-state index contributed by atoms with van der Waals surface area (Å²) in [5, 5.41) is 2.55. The predicted molar refractivity (Wildman–Crippen MR) is 46.8 cm³/mol. The first-order valence-corrected chi connectivity index (χ1v) is 4.14. The van der Waals surface area contributed by atoms with Gasteiger partial charge in [0.1, 0.15) is 0 Å². The molecule has 0 atom stereocenters. The molecule has 1 amide bonds. The largest absolute Gasteiger partial charge is 0.351 e. The second-order valence-corrected chi connectivity index (χ2v) is 2.59. The lowest BCUT2D eigenvalue weighted by Crippen LogP contribution is -2.25. The number of aromatic nitrogens is 1. The molecule has 3 nitrogen and oxygen atoms in total. The number of amides is 1. The van der Waals surface area contributed by atoms with Crippen molar-refractivity contribution in [2.75, 3.05) is 6.54 Å². The van der Waals surface area contributed by atoms with Crippen LogP contribution in [0.1, 0.15) is 23.8 Å². The molecular formula is C9H11FN2O. The normalized spacial score (nSPS) is 9.69. The first-order valence-electron chi connectivity index (χ1n) is 4.14. The van der Waals surface area contributed by atoms with Gasteiger partial charge in [0.25, 0.3) is 5.91 Å². The lowest BCUT2D eigenvalue weighted by molar-refractivity contribution is 0.0944. The average molecular weight is 182 g/mol. The molecule has 0 aromatic carbocycles. The van der Waals surface area contributed by atoms with Crippen LogP contribution < -0.4 is 5.32 Å². The lowest BCUT2D eigenvalue weighted by Gasteiger charge is -2.02. The van der Waals surface area contributed by atoms with E-state index in [-0.39, 0.29) is 5.69 Å².